The maximum Gasteiger partial charge on any atom is 0.0471 e. The molecule has 0 amide bonds. The molecule has 84 valence electrons. The van der Waals surface area contributed by atoms with Gasteiger partial charge in [-0.25, -0.2) is 0 Å². The summed E-state index contributed by atoms with van der Waals surface area (Å²) in [5.74, 6) is 0. The first-order chi connectivity index (χ1) is 6.41. The first-order valence-electron chi connectivity index (χ1n) is 5.70. The maximum atomic E-state index is 5.38. The van der Waals surface area contributed by atoms with Gasteiger partial charge < -0.3 is 10.1 Å². The number of hydrogen-bond donors (Lipinski definition) is 1. The van der Waals surface area contributed by atoms with Gasteiger partial charge in [0.1, 0.15) is 0 Å². The summed E-state index contributed by atoms with van der Waals surface area (Å²) in [5.41, 5.74) is 0.852. The molecule has 0 saturated carbocycles. The summed E-state index contributed by atoms with van der Waals surface area (Å²) in [6, 6.07) is 0. The van der Waals surface area contributed by atoms with Gasteiger partial charge in [-0.1, -0.05) is 27.7 Å². The summed E-state index contributed by atoms with van der Waals surface area (Å²) in [6.45, 7) is 13.3. The molecule has 1 N–H and O–H groups in total. The fourth-order valence-electron chi connectivity index (χ4n) is 1.78. The first-order valence-corrected chi connectivity index (χ1v) is 5.70. The largest absolute Gasteiger partial charge is 0.381 e. The zero-order valence-electron chi connectivity index (χ0n) is 10.2. The molecule has 0 atom stereocenters. The van der Waals surface area contributed by atoms with Crippen molar-refractivity contribution in [1.29, 1.82) is 0 Å². The summed E-state index contributed by atoms with van der Waals surface area (Å²) >= 11 is 0. The standard InChI is InChI=1S/C12H25NO/c1-11(2,3)9-13-10-12(4)5-7-14-8-6-12/h13H,5-10H2,1-4H3. The molecular weight excluding hydrogens is 174 g/mol. The molecule has 14 heavy (non-hydrogen) atoms. The van der Waals surface area contributed by atoms with Crippen LogP contribution in [0.5, 0.6) is 0 Å². The van der Waals surface area contributed by atoms with Crippen LogP contribution in [0.25, 0.3) is 0 Å². The van der Waals surface area contributed by atoms with Crippen molar-refractivity contribution in [2.45, 2.75) is 40.5 Å². The Morgan fingerprint density at radius 1 is 1.21 bits per heavy atom. The van der Waals surface area contributed by atoms with Crippen LogP contribution in [0.3, 0.4) is 0 Å². The van der Waals surface area contributed by atoms with Gasteiger partial charge in [-0.2, -0.15) is 0 Å². The van der Waals surface area contributed by atoms with Gasteiger partial charge in [0.2, 0.25) is 0 Å². The zero-order chi connectivity index (χ0) is 10.7. The monoisotopic (exact) mass is 199 g/mol. The molecule has 0 aromatic carbocycles. The van der Waals surface area contributed by atoms with Crippen molar-refractivity contribution in [3.05, 3.63) is 0 Å². The van der Waals surface area contributed by atoms with E-state index >= 15 is 0 Å². The van der Waals surface area contributed by atoms with Crippen LogP contribution >= 0.6 is 0 Å². The van der Waals surface area contributed by atoms with Gasteiger partial charge >= 0.3 is 0 Å². The van der Waals surface area contributed by atoms with Crippen LogP contribution < -0.4 is 5.32 Å². The minimum Gasteiger partial charge on any atom is -0.381 e. The molecule has 0 aliphatic carbocycles. The molecule has 0 unspecified atom stereocenters. The normalized spacial score (nSPS) is 22.3. The van der Waals surface area contributed by atoms with Gasteiger partial charge in [0, 0.05) is 26.3 Å². The van der Waals surface area contributed by atoms with Crippen LogP contribution in [0.1, 0.15) is 40.5 Å². The van der Waals surface area contributed by atoms with E-state index < -0.39 is 0 Å². The summed E-state index contributed by atoms with van der Waals surface area (Å²) in [7, 11) is 0. The van der Waals surface area contributed by atoms with E-state index in [1.807, 2.05) is 0 Å². The van der Waals surface area contributed by atoms with Gasteiger partial charge in [0.15, 0.2) is 0 Å². The lowest BCUT2D eigenvalue weighted by Gasteiger charge is -2.34. The lowest BCUT2D eigenvalue weighted by Crippen LogP contribution is -2.39. The average Bonchev–Trinajstić information content (AvgIpc) is 2.02. The van der Waals surface area contributed by atoms with E-state index in [1.165, 1.54) is 12.8 Å². The number of rotatable bonds is 3. The van der Waals surface area contributed by atoms with E-state index in [0.717, 1.165) is 26.3 Å². The molecule has 1 aliphatic rings. The Balaban J connectivity index is 2.22. The van der Waals surface area contributed by atoms with Crippen LogP contribution in [0, 0.1) is 10.8 Å². The molecule has 1 rings (SSSR count). The second-order valence-corrected chi connectivity index (χ2v) is 6.09. The number of ether oxygens (including phenoxy) is 1. The lowest BCUT2D eigenvalue weighted by molar-refractivity contribution is 0.0233. The maximum absolute atomic E-state index is 5.38. The number of hydrogen-bond acceptors (Lipinski definition) is 2. The first kappa shape index (κ1) is 12.0. The van der Waals surface area contributed by atoms with E-state index in [1.54, 1.807) is 0 Å². The molecule has 1 saturated heterocycles. The van der Waals surface area contributed by atoms with Crippen LogP contribution in [0.2, 0.25) is 0 Å². The third-order valence-electron chi connectivity index (χ3n) is 2.91. The molecule has 2 nitrogen and oxygen atoms in total. The summed E-state index contributed by atoms with van der Waals surface area (Å²) in [4.78, 5) is 0. The highest BCUT2D eigenvalue weighted by atomic mass is 16.5. The Labute approximate surface area is 88.4 Å². The van der Waals surface area contributed by atoms with Gasteiger partial charge in [0.25, 0.3) is 0 Å². The zero-order valence-corrected chi connectivity index (χ0v) is 10.2. The molecule has 1 aliphatic heterocycles. The fourth-order valence-corrected chi connectivity index (χ4v) is 1.78. The van der Waals surface area contributed by atoms with E-state index in [-0.39, 0.29) is 0 Å². The molecular formula is C12H25NO. The Morgan fingerprint density at radius 2 is 1.79 bits per heavy atom. The van der Waals surface area contributed by atoms with E-state index in [9.17, 15) is 0 Å². The topological polar surface area (TPSA) is 21.3 Å². The van der Waals surface area contributed by atoms with Crippen molar-refractivity contribution in [3.8, 4) is 0 Å². The van der Waals surface area contributed by atoms with E-state index in [2.05, 4.69) is 33.0 Å². The van der Waals surface area contributed by atoms with Crippen LogP contribution in [0.15, 0.2) is 0 Å². The third kappa shape index (κ3) is 4.43. The number of nitrogens with one attached hydrogen (secondary N) is 1. The average molecular weight is 199 g/mol. The summed E-state index contributed by atoms with van der Waals surface area (Å²) in [6.07, 6.45) is 2.40. The minimum atomic E-state index is 0.390. The van der Waals surface area contributed by atoms with Crippen molar-refractivity contribution < 1.29 is 4.74 Å². The van der Waals surface area contributed by atoms with E-state index in [4.69, 9.17) is 4.74 Å². The Bertz CT molecular complexity index is 166. The van der Waals surface area contributed by atoms with Gasteiger partial charge in [-0.15, -0.1) is 0 Å². The predicted octanol–water partition coefficient (Wildman–Crippen LogP) is 2.44. The second-order valence-electron chi connectivity index (χ2n) is 6.09. The quantitative estimate of drug-likeness (QED) is 0.754. The molecule has 0 aromatic heterocycles. The third-order valence-corrected chi connectivity index (χ3v) is 2.91. The Kier molecular flexibility index (Phi) is 3.96. The van der Waals surface area contributed by atoms with Crippen molar-refractivity contribution in [1.82, 2.24) is 5.32 Å². The SMILES string of the molecule is CC(C)(C)CNCC1(C)CCOCC1. The smallest absolute Gasteiger partial charge is 0.0471 e. The molecule has 2 heteroatoms. The Hall–Kier alpha value is -0.0800. The summed E-state index contributed by atoms with van der Waals surface area (Å²) in [5, 5.41) is 3.58. The predicted molar refractivity (Wildman–Crippen MR) is 60.5 cm³/mol. The lowest BCUT2D eigenvalue weighted by atomic mass is 9.82. The molecule has 1 fully saturated rings. The van der Waals surface area contributed by atoms with Crippen LogP contribution in [0.4, 0.5) is 0 Å². The molecule has 1 heterocycles. The van der Waals surface area contributed by atoms with E-state index in [0.29, 0.717) is 10.8 Å². The van der Waals surface area contributed by atoms with Crippen LogP contribution in [-0.4, -0.2) is 26.3 Å². The molecule has 0 bridgehead atoms. The highest BCUT2D eigenvalue weighted by Gasteiger charge is 2.27. The highest BCUT2D eigenvalue weighted by Crippen LogP contribution is 2.28. The minimum absolute atomic E-state index is 0.390. The van der Waals surface area contributed by atoms with Crippen molar-refractivity contribution >= 4 is 0 Å². The van der Waals surface area contributed by atoms with Crippen LogP contribution in [-0.2, 0) is 4.74 Å². The molecule has 0 aromatic rings. The van der Waals surface area contributed by atoms with Crippen molar-refractivity contribution in [2.75, 3.05) is 26.3 Å². The molecule has 0 radical (unpaired) electrons. The van der Waals surface area contributed by atoms with Crippen molar-refractivity contribution in [2.24, 2.45) is 10.8 Å². The fraction of sp³-hybridized carbons (Fsp3) is 1.00. The summed E-state index contributed by atoms with van der Waals surface area (Å²) < 4.78 is 5.38. The second kappa shape index (κ2) is 4.63. The highest BCUT2D eigenvalue weighted by molar-refractivity contribution is 4.80. The molecule has 0 spiro atoms. The Morgan fingerprint density at radius 3 is 2.29 bits per heavy atom. The van der Waals surface area contributed by atoms with Gasteiger partial charge in [0.05, 0.1) is 0 Å². The van der Waals surface area contributed by atoms with Gasteiger partial charge in [-0.3, -0.25) is 0 Å². The van der Waals surface area contributed by atoms with Gasteiger partial charge in [-0.05, 0) is 23.7 Å². The van der Waals surface area contributed by atoms with Crippen molar-refractivity contribution in [3.63, 3.8) is 0 Å².